The van der Waals surface area contributed by atoms with E-state index in [1.165, 1.54) is 10.9 Å². The molecule has 0 radical (unpaired) electrons. The Morgan fingerprint density at radius 3 is 2.90 bits per heavy atom. The van der Waals surface area contributed by atoms with E-state index in [-0.39, 0.29) is 17.9 Å². The molecule has 2 rings (SSSR count). The molecule has 2 aromatic rings. The van der Waals surface area contributed by atoms with E-state index in [1.807, 2.05) is 32.2 Å². The lowest BCUT2D eigenvalue weighted by atomic mass is 10.0. The molecule has 114 valence electrons. The van der Waals surface area contributed by atoms with Crippen LogP contribution in [-0.2, 0) is 11.2 Å². The largest absolute Gasteiger partial charge is 0.393 e. The molecule has 4 nitrogen and oxygen atoms in total. The van der Waals surface area contributed by atoms with Crippen LogP contribution in [-0.4, -0.2) is 28.6 Å². The Hall–Kier alpha value is -1.81. The van der Waals surface area contributed by atoms with Crippen molar-refractivity contribution < 1.29 is 9.90 Å². The Bertz CT molecular complexity index is 589. The monoisotopic (exact) mass is 288 g/mol. The van der Waals surface area contributed by atoms with Gasteiger partial charge < -0.3 is 15.4 Å². The second-order valence-electron chi connectivity index (χ2n) is 5.85. The smallest absolute Gasteiger partial charge is 0.220 e. The molecule has 1 aromatic heterocycles. The summed E-state index contributed by atoms with van der Waals surface area (Å²) in [7, 11) is 0. The van der Waals surface area contributed by atoms with E-state index >= 15 is 0 Å². The van der Waals surface area contributed by atoms with Gasteiger partial charge in [-0.2, -0.15) is 0 Å². The van der Waals surface area contributed by atoms with Crippen molar-refractivity contribution in [3.05, 3.63) is 36.0 Å². The van der Waals surface area contributed by atoms with Crippen molar-refractivity contribution in [1.82, 2.24) is 10.3 Å². The minimum atomic E-state index is -0.346. The molecule has 0 saturated heterocycles. The number of carbonyl (C=O) groups excluding carboxylic acids is 1. The van der Waals surface area contributed by atoms with Crippen LogP contribution >= 0.6 is 0 Å². The molecule has 4 heteroatoms. The first-order chi connectivity index (χ1) is 10.1. The Labute approximate surface area is 125 Å². The molecule has 1 amide bonds. The fourth-order valence-corrected chi connectivity index (χ4v) is 2.30. The topological polar surface area (TPSA) is 65.1 Å². The van der Waals surface area contributed by atoms with Gasteiger partial charge in [-0.1, -0.05) is 19.9 Å². The number of amides is 1. The number of hydrogen-bond donors (Lipinski definition) is 3. The van der Waals surface area contributed by atoms with E-state index in [1.54, 1.807) is 0 Å². The number of H-pyrrole nitrogens is 1. The summed E-state index contributed by atoms with van der Waals surface area (Å²) in [5, 5.41) is 13.7. The lowest BCUT2D eigenvalue weighted by Crippen LogP contribution is -2.28. The summed E-state index contributed by atoms with van der Waals surface area (Å²) in [6.45, 7) is 4.49. The number of aryl methyl sites for hydroxylation is 1. The van der Waals surface area contributed by atoms with Crippen molar-refractivity contribution in [2.24, 2.45) is 5.92 Å². The third kappa shape index (κ3) is 4.60. The molecule has 0 spiro atoms. The molecule has 1 heterocycles. The number of benzene rings is 1. The van der Waals surface area contributed by atoms with E-state index < -0.39 is 0 Å². The van der Waals surface area contributed by atoms with E-state index in [9.17, 15) is 9.90 Å². The van der Waals surface area contributed by atoms with Gasteiger partial charge >= 0.3 is 0 Å². The van der Waals surface area contributed by atoms with Gasteiger partial charge in [0.1, 0.15) is 0 Å². The molecule has 1 atom stereocenters. The van der Waals surface area contributed by atoms with Crippen LogP contribution in [0.4, 0.5) is 0 Å². The molecule has 0 aliphatic heterocycles. The van der Waals surface area contributed by atoms with Gasteiger partial charge in [0, 0.05) is 24.7 Å². The summed E-state index contributed by atoms with van der Waals surface area (Å²) in [6.07, 6.45) is 3.40. The first-order valence-corrected chi connectivity index (χ1v) is 7.57. The number of carbonyl (C=O) groups is 1. The number of aliphatic hydroxyl groups excluding tert-OH is 1. The number of aromatic amines is 1. The Kier molecular flexibility index (Phi) is 5.39. The van der Waals surface area contributed by atoms with Crippen LogP contribution in [0, 0.1) is 5.92 Å². The van der Waals surface area contributed by atoms with Crippen LogP contribution < -0.4 is 5.32 Å². The Balaban J connectivity index is 1.73. The van der Waals surface area contributed by atoms with Crippen molar-refractivity contribution in [3.8, 4) is 0 Å². The van der Waals surface area contributed by atoms with Crippen LogP contribution in [0.5, 0.6) is 0 Å². The van der Waals surface area contributed by atoms with Crippen LogP contribution in [0.2, 0.25) is 0 Å². The fourth-order valence-electron chi connectivity index (χ4n) is 2.30. The van der Waals surface area contributed by atoms with Crippen LogP contribution in [0.15, 0.2) is 30.5 Å². The summed E-state index contributed by atoms with van der Waals surface area (Å²) in [6, 6.07) is 8.24. The van der Waals surface area contributed by atoms with Crippen molar-refractivity contribution in [2.45, 2.75) is 39.2 Å². The van der Waals surface area contributed by atoms with Gasteiger partial charge in [-0.3, -0.25) is 4.79 Å². The van der Waals surface area contributed by atoms with Crippen LogP contribution in [0.25, 0.3) is 10.9 Å². The maximum atomic E-state index is 11.8. The molecule has 0 saturated carbocycles. The maximum Gasteiger partial charge on any atom is 0.220 e. The minimum Gasteiger partial charge on any atom is -0.393 e. The summed E-state index contributed by atoms with van der Waals surface area (Å²) >= 11 is 0. The number of aliphatic hydroxyl groups is 1. The number of rotatable bonds is 7. The first kappa shape index (κ1) is 15.6. The summed E-state index contributed by atoms with van der Waals surface area (Å²) < 4.78 is 0. The van der Waals surface area contributed by atoms with E-state index in [0.717, 1.165) is 11.9 Å². The highest BCUT2D eigenvalue weighted by molar-refractivity contribution is 5.80. The van der Waals surface area contributed by atoms with E-state index in [2.05, 4.69) is 22.4 Å². The molecule has 0 aliphatic carbocycles. The Morgan fingerprint density at radius 1 is 1.33 bits per heavy atom. The molecule has 0 aliphatic rings. The van der Waals surface area contributed by atoms with E-state index in [0.29, 0.717) is 19.4 Å². The zero-order valence-corrected chi connectivity index (χ0v) is 12.7. The summed E-state index contributed by atoms with van der Waals surface area (Å²) in [4.78, 5) is 14.9. The zero-order valence-electron chi connectivity index (χ0n) is 12.7. The highest BCUT2D eigenvalue weighted by Gasteiger charge is 2.09. The molecule has 3 N–H and O–H groups in total. The number of aromatic nitrogens is 1. The molecule has 1 aromatic carbocycles. The predicted octanol–water partition coefficient (Wildman–Crippen LogP) is 2.62. The van der Waals surface area contributed by atoms with E-state index in [4.69, 9.17) is 0 Å². The molecule has 1 unspecified atom stereocenters. The second kappa shape index (κ2) is 7.27. The SMILES string of the molecule is CC(C)C(O)CCNC(=O)CCc1ccc2[nH]ccc2c1. The first-order valence-electron chi connectivity index (χ1n) is 7.57. The van der Waals surface area contributed by atoms with Gasteiger partial charge in [0.15, 0.2) is 0 Å². The predicted molar refractivity (Wildman–Crippen MR) is 85.1 cm³/mol. The minimum absolute atomic E-state index is 0.0418. The lowest BCUT2D eigenvalue weighted by molar-refractivity contribution is -0.121. The van der Waals surface area contributed by atoms with Gasteiger partial charge in [0.2, 0.25) is 5.91 Å². The highest BCUT2D eigenvalue weighted by atomic mass is 16.3. The van der Waals surface area contributed by atoms with Gasteiger partial charge in [-0.05, 0) is 47.9 Å². The molecule has 21 heavy (non-hydrogen) atoms. The fraction of sp³-hybridized carbons (Fsp3) is 0.471. The average Bonchev–Trinajstić information content (AvgIpc) is 2.92. The third-order valence-electron chi connectivity index (χ3n) is 3.79. The molecule has 0 bridgehead atoms. The second-order valence-corrected chi connectivity index (χ2v) is 5.85. The average molecular weight is 288 g/mol. The summed E-state index contributed by atoms with van der Waals surface area (Å²) in [5.74, 6) is 0.273. The molecular formula is C17H24N2O2. The lowest BCUT2D eigenvalue weighted by Gasteiger charge is -2.14. The number of nitrogens with one attached hydrogen (secondary N) is 2. The highest BCUT2D eigenvalue weighted by Crippen LogP contribution is 2.15. The number of fused-ring (bicyclic) bond motifs is 1. The molecule has 0 fully saturated rings. The zero-order chi connectivity index (χ0) is 15.2. The van der Waals surface area contributed by atoms with Crippen molar-refractivity contribution in [3.63, 3.8) is 0 Å². The Morgan fingerprint density at radius 2 is 2.14 bits per heavy atom. The van der Waals surface area contributed by atoms with Gasteiger partial charge in [-0.25, -0.2) is 0 Å². The summed E-state index contributed by atoms with van der Waals surface area (Å²) in [5.41, 5.74) is 2.28. The van der Waals surface area contributed by atoms with Gasteiger partial charge in [0.25, 0.3) is 0 Å². The number of hydrogen-bond acceptors (Lipinski definition) is 2. The molecular weight excluding hydrogens is 264 g/mol. The van der Waals surface area contributed by atoms with Gasteiger partial charge in [0.05, 0.1) is 6.10 Å². The van der Waals surface area contributed by atoms with Crippen molar-refractivity contribution >= 4 is 16.8 Å². The maximum absolute atomic E-state index is 11.8. The third-order valence-corrected chi connectivity index (χ3v) is 3.79. The van der Waals surface area contributed by atoms with Crippen LogP contribution in [0.3, 0.4) is 0 Å². The van der Waals surface area contributed by atoms with Gasteiger partial charge in [-0.15, -0.1) is 0 Å². The quantitative estimate of drug-likeness (QED) is 0.733. The normalized spacial score (nSPS) is 12.8. The van der Waals surface area contributed by atoms with Crippen LogP contribution in [0.1, 0.15) is 32.3 Å². The van der Waals surface area contributed by atoms with Crippen molar-refractivity contribution in [2.75, 3.05) is 6.54 Å². The van der Waals surface area contributed by atoms with Crippen molar-refractivity contribution in [1.29, 1.82) is 0 Å². The standard InChI is InChI=1S/C17H24N2O2/c1-12(2)16(20)8-10-19-17(21)6-4-13-3-5-15-14(11-13)7-9-18-15/h3,5,7,9,11-12,16,18,20H,4,6,8,10H2,1-2H3,(H,19,21).